The van der Waals surface area contributed by atoms with Gasteiger partial charge in [-0.05, 0) is 6.92 Å². The van der Waals surface area contributed by atoms with Gasteiger partial charge < -0.3 is 9.84 Å². The number of ketones is 1. The zero-order valence-corrected chi connectivity index (χ0v) is 6.49. The quantitative estimate of drug-likeness (QED) is 0.434. The fourth-order valence-corrected chi connectivity index (χ4v) is 1.09. The molecule has 5 heteroatoms. The lowest BCUT2D eigenvalue weighted by atomic mass is 9.96. The van der Waals surface area contributed by atoms with E-state index in [-0.39, 0.29) is 12.2 Å². The summed E-state index contributed by atoms with van der Waals surface area (Å²) < 4.78 is 4.10. The summed E-state index contributed by atoms with van der Waals surface area (Å²) in [5.41, 5.74) is -1.91. The molecule has 0 bridgehead atoms. The summed E-state index contributed by atoms with van der Waals surface area (Å²) in [5.74, 6) is -2.17. The number of rotatable bonds is 2. The maximum absolute atomic E-state index is 10.8. The highest BCUT2D eigenvalue weighted by Gasteiger charge is 2.48. The SMILES string of the molecule is CC(=O)CC1(O)CC(=O)OC1=O. The number of hydrogen-bond acceptors (Lipinski definition) is 5. The van der Waals surface area contributed by atoms with Gasteiger partial charge in [0.05, 0.1) is 6.42 Å². The topological polar surface area (TPSA) is 80.7 Å². The fourth-order valence-electron chi connectivity index (χ4n) is 1.09. The number of carbonyl (C=O) groups excluding carboxylic acids is 3. The maximum atomic E-state index is 10.8. The Morgan fingerprint density at radius 3 is 2.58 bits per heavy atom. The predicted molar refractivity (Wildman–Crippen MR) is 36.0 cm³/mol. The second-order valence-corrected chi connectivity index (χ2v) is 2.85. The Morgan fingerprint density at radius 1 is 1.67 bits per heavy atom. The highest BCUT2D eigenvalue weighted by Crippen LogP contribution is 2.24. The van der Waals surface area contributed by atoms with Gasteiger partial charge in [0, 0.05) is 6.42 Å². The number of cyclic esters (lactones) is 2. The van der Waals surface area contributed by atoms with E-state index in [1.165, 1.54) is 6.92 Å². The van der Waals surface area contributed by atoms with Gasteiger partial charge in [-0.3, -0.25) is 9.59 Å². The molecule has 1 fully saturated rings. The van der Waals surface area contributed by atoms with Crippen molar-refractivity contribution >= 4 is 17.7 Å². The van der Waals surface area contributed by atoms with Crippen LogP contribution in [-0.4, -0.2) is 28.4 Å². The van der Waals surface area contributed by atoms with Gasteiger partial charge in [-0.25, -0.2) is 4.79 Å². The molecular formula is C7H8O5. The molecule has 66 valence electrons. The molecule has 0 aromatic carbocycles. The van der Waals surface area contributed by atoms with Crippen LogP contribution in [0.4, 0.5) is 0 Å². The number of carbonyl (C=O) groups is 3. The molecule has 0 aliphatic carbocycles. The van der Waals surface area contributed by atoms with E-state index in [2.05, 4.69) is 4.74 Å². The smallest absolute Gasteiger partial charge is 0.346 e. The van der Waals surface area contributed by atoms with Crippen LogP contribution in [0.25, 0.3) is 0 Å². The Hall–Kier alpha value is -1.23. The molecule has 5 nitrogen and oxygen atoms in total. The van der Waals surface area contributed by atoms with Crippen molar-refractivity contribution in [2.24, 2.45) is 0 Å². The lowest BCUT2D eigenvalue weighted by Crippen LogP contribution is -2.36. The lowest BCUT2D eigenvalue weighted by Gasteiger charge is -2.13. The van der Waals surface area contributed by atoms with E-state index in [1.54, 1.807) is 0 Å². The van der Waals surface area contributed by atoms with Gasteiger partial charge in [-0.15, -0.1) is 0 Å². The molecule has 1 saturated heterocycles. The van der Waals surface area contributed by atoms with Crippen molar-refractivity contribution in [3.63, 3.8) is 0 Å². The van der Waals surface area contributed by atoms with Crippen LogP contribution in [0.2, 0.25) is 0 Å². The van der Waals surface area contributed by atoms with Crippen LogP contribution < -0.4 is 0 Å². The normalized spacial score (nSPS) is 28.8. The van der Waals surface area contributed by atoms with Gasteiger partial charge in [0.2, 0.25) is 0 Å². The number of aliphatic hydroxyl groups is 1. The molecule has 1 heterocycles. The average molecular weight is 172 g/mol. The predicted octanol–water partition coefficient (Wildman–Crippen LogP) is -0.830. The molecule has 0 aromatic heterocycles. The van der Waals surface area contributed by atoms with Crippen LogP contribution in [0, 0.1) is 0 Å². The first-order valence-electron chi connectivity index (χ1n) is 3.41. The summed E-state index contributed by atoms with van der Waals surface area (Å²) >= 11 is 0. The first-order valence-corrected chi connectivity index (χ1v) is 3.41. The van der Waals surface area contributed by atoms with E-state index in [0.717, 1.165) is 0 Å². The minimum atomic E-state index is -1.91. The lowest BCUT2D eigenvalue weighted by molar-refractivity contribution is -0.160. The van der Waals surface area contributed by atoms with Crippen LogP contribution >= 0.6 is 0 Å². The number of esters is 2. The molecule has 1 atom stereocenters. The van der Waals surface area contributed by atoms with Crippen molar-refractivity contribution < 1.29 is 24.2 Å². The van der Waals surface area contributed by atoms with Gasteiger partial charge in [0.15, 0.2) is 5.60 Å². The Bertz CT molecular complexity index is 257. The maximum Gasteiger partial charge on any atom is 0.346 e. The van der Waals surface area contributed by atoms with Gasteiger partial charge in [0.1, 0.15) is 5.78 Å². The van der Waals surface area contributed by atoms with E-state index >= 15 is 0 Å². The van der Waals surface area contributed by atoms with Gasteiger partial charge in [-0.2, -0.15) is 0 Å². The van der Waals surface area contributed by atoms with E-state index in [0.29, 0.717) is 0 Å². The first kappa shape index (κ1) is 8.86. The molecule has 1 aliphatic heterocycles. The summed E-state index contributed by atoms with van der Waals surface area (Å²) in [5, 5.41) is 9.38. The van der Waals surface area contributed by atoms with Gasteiger partial charge in [-0.1, -0.05) is 0 Å². The van der Waals surface area contributed by atoms with Crippen molar-refractivity contribution in [1.82, 2.24) is 0 Å². The fraction of sp³-hybridized carbons (Fsp3) is 0.571. The van der Waals surface area contributed by atoms with Crippen molar-refractivity contribution in [2.45, 2.75) is 25.4 Å². The van der Waals surface area contributed by atoms with Crippen LogP contribution in [-0.2, 0) is 19.1 Å². The summed E-state index contributed by atoms with van der Waals surface area (Å²) in [7, 11) is 0. The van der Waals surface area contributed by atoms with Crippen molar-refractivity contribution in [3.8, 4) is 0 Å². The van der Waals surface area contributed by atoms with Crippen molar-refractivity contribution in [2.75, 3.05) is 0 Å². The molecule has 0 amide bonds. The zero-order chi connectivity index (χ0) is 9.35. The standard InChI is InChI=1S/C7H8O5/c1-4(8)2-7(11)3-5(9)12-6(7)10/h11H,2-3H2,1H3. The molecular weight excluding hydrogens is 164 g/mol. The highest BCUT2D eigenvalue weighted by atomic mass is 16.6. The third kappa shape index (κ3) is 1.50. The Labute approximate surface area is 68.3 Å². The average Bonchev–Trinajstić information content (AvgIpc) is 2.04. The Morgan fingerprint density at radius 2 is 2.25 bits per heavy atom. The second-order valence-electron chi connectivity index (χ2n) is 2.85. The van der Waals surface area contributed by atoms with E-state index in [9.17, 15) is 19.5 Å². The molecule has 0 aromatic rings. The Balaban J connectivity index is 2.77. The largest absolute Gasteiger partial charge is 0.391 e. The van der Waals surface area contributed by atoms with Gasteiger partial charge in [0.25, 0.3) is 0 Å². The molecule has 1 unspecified atom stereocenters. The number of hydrogen-bond donors (Lipinski definition) is 1. The summed E-state index contributed by atoms with van der Waals surface area (Å²) in [6, 6.07) is 0. The summed E-state index contributed by atoms with van der Waals surface area (Å²) in [6.45, 7) is 1.23. The molecule has 1 N–H and O–H groups in total. The van der Waals surface area contributed by atoms with Crippen LogP contribution in [0.3, 0.4) is 0 Å². The molecule has 12 heavy (non-hydrogen) atoms. The molecule has 0 spiro atoms. The Kier molecular flexibility index (Phi) is 1.97. The van der Waals surface area contributed by atoms with E-state index in [4.69, 9.17) is 0 Å². The third-order valence-corrected chi connectivity index (χ3v) is 1.56. The highest BCUT2D eigenvalue weighted by molar-refractivity contribution is 6.01. The minimum absolute atomic E-state index is 0.357. The van der Waals surface area contributed by atoms with Crippen molar-refractivity contribution in [3.05, 3.63) is 0 Å². The van der Waals surface area contributed by atoms with Crippen LogP contribution in [0.1, 0.15) is 19.8 Å². The monoisotopic (exact) mass is 172 g/mol. The number of ether oxygens (including phenoxy) is 1. The first-order chi connectivity index (χ1) is 5.44. The second kappa shape index (κ2) is 2.67. The molecule has 1 rings (SSSR count). The van der Waals surface area contributed by atoms with Crippen LogP contribution in [0.5, 0.6) is 0 Å². The van der Waals surface area contributed by atoms with Crippen LogP contribution in [0.15, 0.2) is 0 Å². The molecule has 0 radical (unpaired) electrons. The van der Waals surface area contributed by atoms with E-state index in [1.807, 2.05) is 0 Å². The van der Waals surface area contributed by atoms with Crippen molar-refractivity contribution in [1.29, 1.82) is 0 Å². The minimum Gasteiger partial charge on any atom is -0.391 e. The molecule has 1 aliphatic rings. The van der Waals surface area contributed by atoms with E-state index < -0.39 is 24.0 Å². The third-order valence-electron chi connectivity index (χ3n) is 1.56. The summed E-state index contributed by atoms with van der Waals surface area (Å²) in [6.07, 6.45) is -0.789. The summed E-state index contributed by atoms with van der Waals surface area (Å²) in [4.78, 5) is 31.9. The zero-order valence-electron chi connectivity index (χ0n) is 6.49. The molecule has 0 saturated carbocycles. The number of Topliss-reactive ketones (excluding diaryl/α,β-unsaturated/α-hetero) is 1. The van der Waals surface area contributed by atoms with Gasteiger partial charge >= 0.3 is 11.9 Å².